The second kappa shape index (κ2) is 4.71. The number of rotatable bonds is 3. The third-order valence-corrected chi connectivity index (χ3v) is 2.33. The van der Waals surface area contributed by atoms with Crippen molar-refractivity contribution in [1.82, 2.24) is 4.98 Å². The molecule has 0 aliphatic carbocycles. The molecule has 0 unspecified atom stereocenters. The Morgan fingerprint density at radius 3 is 2.40 bits per heavy atom. The Kier molecular flexibility index (Phi) is 3.10. The molecule has 0 amide bonds. The van der Waals surface area contributed by atoms with Gasteiger partial charge in [0, 0.05) is 11.8 Å². The summed E-state index contributed by atoms with van der Waals surface area (Å²) in [5.41, 5.74) is 8.83. The molecule has 0 aliphatic rings. The van der Waals surface area contributed by atoms with Crippen LogP contribution in [0.1, 0.15) is 5.56 Å². The highest BCUT2D eigenvalue weighted by Gasteiger charge is 1.97. The van der Waals surface area contributed by atoms with Crippen molar-refractivity contribution >= 4 is 0 Å². The third-order valence-electron chi connectivity index (χ3n) is 2.33. The van der Waals surface area contributed by atoms with Gasteiger partial charge in [-0.2, -0.15) is 0 Å². The summed E-state index contributed by atoms with van der Waals surface area (Å²) >= 11 is 0. The van der Waals surface area contributed by atoms with Crippen LogP contribution < -0.4 is 5.73 Å². The second-order valence-corrected chi connectivity index (χ2v) is 3.46. The van der Waals surface area contributed by atoms with Crippen LogP contribution in [0.25, 0.3) is 11.3 Å². The number of hydrogen-bond donors (Lipinski definition) is 1. The Bertz CT molecular complexity index is 406. The number of nitrogens with zero attached hydrogens (tertiary/aromatic N) is 1. The maximum Gasteiger partial charge on any atom is 0.0702 e. The standard InChI is InChI=1S/C13H14N2/c14-9-8-11-6-7-13(15-10-11)12-4-2-1-3-5-12/h1-7,10H,8-9,14H2. The van der Waals surface area contributed by atoms with Crippen LogP contribution in [0.5, 0.6) is 0 Å². The highest BCUT2D eigenvalue weighted by atomic mass is 14.7. The molecule has 0 saturated heterocycles. The summed E-state index contributed by atoms with van der Waals surface area (Å²) in [4.78, 5) is 4.41. The van der Waals surface area contributed by atoms with Gasteiger partial charge < -0.3 is 5.73 Å². The van der Waals surface area contributed by atoms with Crippen molar-refractivity contribution in [3.05, 3.63) is 54.2 Å². The molecule has 2 rings (SSSR count). The van der Waals surface area contributed by atoms with Crippen LogP contribution in [0.4, 0.5) is 0 Å². The Morgan fingerprint density at radius 1 is 1.00 bits per heavy atom. The number of aromatic nitrogens is 1. The highest BCUT2D eigenvalue weighted by molar-refractivity contribution is 5.58. The lowest BCUT2D eigenvalue weighted by Crippen LogP contribution is -2.02. The molecule has 0 atom stereocenters. The molecule has 1 heterocycles. The van der Waals surface area contributed by atoms with Gasteiger partial charge in [-0.25, -0.2) is 0 Å². The summed E-state index contributed by atoms with van der Waals surface area (Å²) in [6.07, 6.45) is 2.79. The largest absolute Gasteiger partial charge is 0.330 e. The van der Waals surface area contributed by atoms with E-state index in [-0.39, 0.29) is 0 Å². The van der Waals surface area contributed by atoms with Crippen LogP contribution in [-0.2, 0) is 6.42 Å². The van der Waals surface area contributed by atoms with E-state index in [1.54, 1.807) is 0 Å². The van der Waals surface area contributed by atoms with E-state index in [1.165, 1.54) is 5.56 Å². The van der Waals surface area contributed by atoms with E-state index < -0.39 is 0 Å². The van der Waals surface area contributed by atoms with Crippen molar-refractivity contribution in [2.45, 2.75) is 6.42 Å². The second-order valence-electron chi connectivity index (χ2n) is 3.46. The number of benzene rings is 1. The molecule has 0 aliphatic heterocycles. The monoisotopic (exact) mass is 198 g/mol. The summed E-state index contributed by atoms with van der Waals surface area (Å²) in [6, 6.07) is 14.3. The molecule has 0 saturated carbocycles. The minimum absolute atomic E-state index is 0.673. The Morgan fingerprint density at radius 2 is 1.80 bits per heavy atom. The van der Waals surface area contributed by atoms with Crippen molar-refractivity contribution in [3.8, 4) is 11.3 Å². The molecule has 0 radical (unpaired) electrons. The first-order valence-electron chi connectivity index (χ1n) is 5.10. The van der Waals surface area contributed by atoms with Crippen molar-refractivity contribution < 1.29 is 0 Å². The van der Waals surface area contributed by atoms with Gasteiger partial charge in [0.05, 0.1) is 5.69 Å². The predicted octanol–water partition coefficient (Wildman–Crippen LogP) is 2.25. The van der Waals surface area contributed by atoms with Crippen molar-refractivity contribution in [2.75, 3.05) is 6.54 Å². The number of nitrogens with two attached hydrogens (primary N) is 1. The molecule has 0 fully saturated rings. The molecular weight excluding hydrogens is 184 g/mol. The molecule has 2 aromatic rings. The summed E-state index contributed by atoms with van der Waals surface area (Å²) in [5, 5.41) is 0. The molecular formula is C13H14N2. The summed E-state index contributed by atoms with van der Waals surface area (Å²) in [7, 11) is 0. The Labute approximate surface area is 89.8 Å². The first-order valence-corrected chi connectivity index (χ1v) is 5.10. The summed E-state index contributed by atoms with van der Waals surface area (Å²) in [6.45, 7) is 0.673. The zero-order chi connectivity index (χ0) is 10.5. The SMILES string of the molecule is NCCc1ccc(-c2ccccc2)nc1. The van der Waals surface area contributed by atoms with Gasteiger partial charge in [-0.05, 0) is 24.6 Å². The van der Waals surface area contributed by atoms with E-state index in [0.717, 1.165) is 17.7 Å². The van der Waals surface area contributed by atoms with Crippen LogP contribution in [0, 0.1) is 0 Å². The van der Waals surface area contributed by atoms with Crippen LogP contribution in [0.15, 0.2) is 48.7 Å². The smallest absolute Gasteiger partial charge is 0.0702 e. The Hall–Kier alpha value is -1.67. The van der Waals surface area contributed by atoms with Crippen LogP contribution in [-0.4, -0.2) is 11.5 Å². The molecule has 1 aromatic heterocycles. The fourth-order valence-corrected chi connectivity index (χ4v) is 1.52. The fourth-order valence-electron chi connectivity index (χ4n) is 1.52. The maximum absolute atomic E-state index is 5.48. The van der Waals surface area contributed by atoms with E-state index in [1.807, 2.05) is 30.5 Å². The van der Waals surface area contributed by atoms with E-state index in [4.69, 9.17) is 5.73 Å². The molecule has 2 nitrogen and oxygen atoms in total. The van der Waals surface area contributed by atoms with Gasteiger partial charge in [-0.1, -0.05) is 36.4 Å². The fraction of sp³-hybridized carbons (Fsp3) is 0.154. The maximum atomic E-state index is 5.48. The molecule has 1 aromatic carbocycles. The van der Waals surface area contributed by atoms with Gasteiger partial charge >= 0.3 is 0 Å². The first kappa shape index (κ1) is 9.87. The molecule has 2 heteroatoms. The highest BCUT2D eigenvalue weighted by Crippen LogP contribution is 2.15. The van der Waals surface area contributed by atoms with Crippen molar-refractivity contribution in [1.29, 1.82) is 0 Å². The third kappa shape index (κ3) is 2.42. The summed E-state index contributed by atoms with van der Waals surface area (Å²) in [5.74, 6) is 0. The van der Waals surface area contributed by atoms with Crippen molar-refractivity contribution in [2.24, 2.45) is 5.73 Å². The average Bonchev–Trinajstić information content (AvgIpc) is 2.32. The average molecular weight is 198 g/mol. The van der Waals surface area contributed by atoms with Gasteiger partial charge in [0.1, 0.15) is 0 Å². The quantitative estimate of drug-likeness (QED) is 0.821. The first-order chi connectivity index (χ1) is 7.40. The van der Waals surface area contributed by atoms with Crippen LogP contribution in [0.3, 0.4) is 0 Å². The van der Waals surface area contributed by atoms with Crippen LogP contribution in [0.2, 0.25) is 0 Å². The predicted molar refractivity (Wildman–Crippen MR) is 62.4 cm³/mol. The van der Waals surface area contributed by atoms with Gasteiger partial charge in [-0.15, -0.1) is 0 Å². The minimum Gasteiger partial charge on any atom is -0.330 e. The lowest BCUT2D eigenvalue weighted by molar-refractivity contribution is 0.959. The molecule has 2 N–H and O–H groups in total. The Balaban J connectivity index is 2.24. The molecule has 0 bridgehead atoms. The zero-order valence-corrected chi connectivity index (χ0v) is 8.56. The number of pyridine rings is 1. The van der Waals surface area contributed by atoms with Gasteiger partial charge in [-0.3, -0.25) is 4.98 Å². The zero-order valence-electron chi connectivity index (χ0n) is 8.56. The molecule has 15 heavy (non-hydrogen) atoms. The van der Waals surface area contributed by atoms with Gasteiger partial charge in [0.2, 0.25) is 0 Å². The van der Waals surface area contributed by atoms with E-state index >= 15 is 0 Å². The van der Waals surface area contributed by atoms with Crippen molar-refractivity contribution in [3.63, 3.8) is 0 Å². The molecule has 76 valence electrons. The summed E-state index contributed by atoms with van der Waals surface area (Å²) < 4.78 is 0. The normalized spacial score (nSPS) is 10.2. The topological polar surface area (TPSA) is 38.9 Å². The lowest BCUT2D eigenvalue weighted by Gasteiger charge is -2.02. The van der Waals surface area contributed by atoms with E-state index in [9.17, 15) is 0 Å². The van der Waals surface area contributed by atoms with E-state index in [0.29, 0.717) is 6.54 Å². The van der Waals surface area contributed by atoms with Gasteiger partial charge in [0.15, 0.2) is 0 Å². The van der Waals surface area contributed by atoms with Crippen LogP contribution >= 0.6 is 0 Å². The minimum atomic E-state index is 0.673. The molecule has 0 spiro atoms. The van der Waals surface area contributed by atoms with E-state index in [2.05, 4.69) is 23.2 Å². The van der Waals surface area contributed by atoms with Gasteiger partial charge in [0.25, 0.3) is 0 Å². The number of hydrogen-bond acceptors (Lipinski definition) is 2. The lowest BCUT2D eigenvalue weighted by atomic mass is 10.1.